The molecule has 0 unspecified atom stereocenters. The highest BCUT2D eigenvalue weighted by atomic mass is 32.1. The van der Waals surface area contributed by atoms with Crippen LogP contribution in [-0.4, -0.2) is 11.0 Å². The van der Waals surface area contributed by atoms with Crippen molar-refractivity contribution < 1.29 is 9.18 Å². The summed E-state index contributed by atoms with van der Waals surface area (Å²) in [4.78, 5) is 12.2. The number of anilines is 1. The first kappa shape index (κ1) is 16.8. The van der Waals surface area contributed by atoms with Crippen molar-refractivity contribution >= 4 is 28.9 Å². The standard InChI is InChI=1S/C20H15FN2OS/c21-17-10-12-18(13-11-17)22-20(25)23-19(24)16-8-6-15(7-9-16)14-4-2-1-3-5-14/h1-13H,(H2,22,23,24,25). The fraction of sp³-hybridized carbons (Fsp3) is 0. The van der Waals surface area contributed by atoms with Gasteiger partial charge in [-0.3, -0.25) is 10.1 Å². The van der Waals surface area contributed by atoms with Gasteiger partial charge in [-0.15, -0.1) is 0 Å². The first-order chi connectivity index (χ1) is 12.1. The summed E-state index contributed by atoms with van der Waals surface area (Å²) in [6.07, 6.45) is 0. The second kappa shape index (κ2) is 7.68. The minimum atomic E-state index is -0.334. The van der Waals surface area contributed by atoms with Gasteiger partial charge in [0.2, 0.25) is 0 Å². The van der Waals surface area contributed by atoms with Crippen molar-refractivity contribution in [2.24, 2.45) is 0 Å². The number of carbonyl (C=O) groups is 1. The monoisotopic (exact) mass is 350 g/mol. The fourth-order valence-electron chi connectivity index (χ4n) is 2.32. The predicted molar refractivity (Wildman–Crippen MR) is 102 cm³/mol. The van der Waals surface area contributed by atoms with Crippen LogP contribution in [0.3, 0.4) is 0 Å². The van der Waals surface area contributed by atoms with E-state index in [9.17, 15) is 9.18 Å². The van der Waals surface area contributed by atoms with Crippen molar-refractivity contribution in [1.29, 1.82) is 0 Å². The third-order valence-electron chi connectivity index (χ3n) is 3.58. The van der Waals surface area contributed by atoms with Crippen molar-refractivity contribution in [3.8, 4) is 11.1 Å². The van der Waals surface area contributed by atoms with Gasteiger partial charge in [0, 0.05) is 11.3 Å². The number of amides is 1. The third kappa shape index (κ3) is 4.49. The lowest BCUT2D eigenvalue weighted by Crippen LogP contribution is -2.34. The molecule has 3 aromatic carbocycles. The largest absolute Gasteiger partial charge is 0.332 e. The zero-order valence-corrected chi connectivity index (χ0v) is 14.0. The van der Waals surface area contributed by atoms with E-state index in [0.29, 0.717) is 11.3 Å². The molecule has 0 aromatic heterocycles. The molecule has 0 aliphatic carbocycles. The summed E-state index contributed by atoms with van der Waals surface area (Å²) in [6, 6.07) is 22.9. The van der Waals surface area contributed by atoms with E-state index in [0.717, 1.165) is 11.1 Å². The van der Waals surface area contributed by atoms with Crippen LogP contribution < -0.4 is 10.6 Å². The van der Waals surface area contributed by atoms with Crippen molar-refractivity contribution in [2.45, 2.75) is 0 Å². The molecule has 1 amide bonds. The summed E-state index contributed by atoms with van der Waals surface area (Å²) in [5.74, 6) is -0.641. The van der Waals surface area contributed by atoms with E-state index in [1.807, 2.05) is 42.5 Å². The van der Waals surface area contributed by atoms with Gasteiger partial charge >= 0.3 is 0 Å². The van der Waals surface area contributed by atoms with Crippen molar-refractivity contribution in [2.75, 3.05) is 5.32 Å². The highest BCUT2D eigenvalue weighted by Gasteiger charge is 2.08. The average molecular weight is 350 g/mol. The van der Waals surface area contributed by atoms with Crippen LogP contribution in [0, 0.1) is 5.82 Å². The Kier molecular flexibility index (Phi) is 5.16. The molecule has 3 rings (SSSR count). The molecule has 25 heavy (non-hydrogen) atoms. The minimum Gasteiger partial charge on any atom is -0.332 e. The Morgan fingerprint density at radius 2 is 1.40 bits per heavy atom. The smallest absolute Gasteiger partial charge is 0.257 e. The normalized spacial score (nSPS) is 10.1. The van der Waals surface area contributed by atoms with E-state index in [-0.39, 0.29) is 16.8 Å². The Morgan fingerprint density at radius 1 is 0.800 bits per heavy atom. The maximum Gasteiger partial charge on any atom is 0.257 e. The maximum absolute atomic E-state index is 12.9. The fourth-order valence-corrected chi connectivity index (χ4v) is 2.53. The summed E-state index contributed by atoms with van der Waals surface area (Å²) in [5.41, 5.74) is 3.22. The van der Waals surface area contributed by atoms with Gasteiger partial charge in [0.25, 0.3) is 5.91 Å². The lowest BCUT2D eigenvalue weighted by molar-refractivity contribution is 0.0978. The molecule has 0 saturated carbocycles. The summed E-state index contributed by atoms with van der Waals surface area (Å²) in [5, 5.41) is 5.60. The number of hydrogen-bond acceptors (Lipinski definition) is 2. The molecular formula is C20H15FN2OS. The van der Waals surface area contributed by atoms with Gasteiger partial charge < -0.3 is 5.32 Å². The molecule has 0 aliphatic rings. The van der Waals surface area contributed by atoms with E-state index in [1.54, 1.807) is 24.3 Å². The van der Waals surface area contributed by atoms with Gasteiger partial charge in [-0.2, -0.15) is 0 Å². The van der Waals surface area contributed by atoms with Gasteiger partial charge in [0.15, 0.2) is 5.11 Å². The second-order valence-electron chi connectivity index (χ2n) is 5.36. The van der Waals surface area contributed by atoms with Gasteiger partial charge in [-0.25, -0.2) is 4.39 Å². The van der Waals surface area contributed by atoms with Crippen LogP contribution in [0.25, 0.3) is 11.1 Å². The quantitative estimate of drug-likeness (QED) is 0.677. The molecule has 124 valence electrons. The number of thiocarbonyl (C=S) groups is 1. The van der Waals surface area contributed by atoms with Gasteiger partial charge in [0.05, 0.1) is 0 Å². The van der Waals surface area contributed by atoms with Crippen LogP contribution in [0.4, 0.5) is 10.1 Å². The first-order valence-corrected chi connectivity index (χ1v) is 8.06. The maximum atomic E-state index is 12.9. The zero-order chi connectivity index (χ0) is 17.6. The number of halogens is 1. The van der Waals surface area contributed by atoms with Crippen LogP contribution >= 0.6 is 12.2 Å². The van der Waals surface area contributed by atoms with E-state index >= 15 is 0 Å². The van der Waals surface area contributed by atoms with E-state index < -0.39 is 0 Å². The number of hydrogen-bond donors (Lipinski definition) is 2. The lowest BCUT2D eigenvalue weighted by Gasteiger charge is -2.10. The van der Waals surface area contributed by atoms with E-state index in [4.69, 9.17) is 12.2 Å². The Bertz CT molecular complexity index is 878. The molecule has 0 atom stereocenters. The topological polar surface area (TPSA) is 41.1 Å². The summed E-state index contributed by atoms with van der Waals surface area (Å²) in [7, 11) is 0. The van der Waals surface area contributed by atoms with Gasteiger partial charge in [-0.05, 0) is 59.7 Å². The first-order valence-electron chi connectivity index (χ1n) is 7.65. The molecule has 0 heterocycles. The molecule has 0 aliphatic heterocycles. The van der Waals surface area contributed by atoms with E-state index in [1.165, 1.54) is 12.1 Å². The lowest BCUT2D eigenvalue weighted by atomic mass is 10.0. The molecule has 5 heteroatoms. The summed E-state index contributed by atoms with van der Waals surface area (Å²) in [6.45, 7) is 0. The Hall–Kier alpha value is -3.05. The molecule has 0 saturated heterocycles. The van der Waals surface area contributed by atoms with Crippen LogP contribution in [0.2, 0.25) is 0 Å². The molecule has 0 fully saturated rings. The Balaban J connectivity index is 1.63. The number of rotatable bonds is 3. The molecule has 3 nitrogen and oxygen atoms in total. The predicted octanol–water partition coefficient (Wildman–Crippen LogP) is 4.62. The zero-order valence-electron chi connectivity index (χ0n) is 13.2. The van der Waals surface area contributed by atoms with Gasteiger partial charge in [-0.1, -0.05) is 42.5 Å². The third-order valence-corrected chi connectivity index (χ3v) is 3.79. The van der Waals surface area contributed by atoms with E-state index in [2.05, 4.69) is 10.6 Å². The molecule has 0 radical (unpaired) electrons. The highest BCUT2D eigenvalue weighted by molar-refractivity contribution is 7.80. The molecule has 3 aromatic rings. The molecular weight excluding hydrogens is 335 g/mol. The van der Waals surface area contributed by atoms with Crippen LogP contribution in [0.15, 0.2) is 78.9 Å². The van der Waals surface area contributed by atoms with Crippen molar-refractivity contribution in [3.63, 3.8) is 0 Å². The Labute approximate surface area is 150 Å². The number of benzene rings is 3. The van der Waals surface area contributed by atoms with Crippen molar-refractivity contribution in [3.05, 3.63) is 90.2 Å². The van der Waals surface area contributed by atoms with Crippen LogP contribution in [0.5, 0.6) is 0 Å². The second-order valence-corrected chi connectivity index (χ2v) is 5.77. The summed E-state index contributed by atoms with van der Waals surface area (Å²) >= 11 is 5.11. The number of nitrogens with one attached hydrogen (secondary N) is 2. The highest BCUT2D eigenvalue weighted by Crippen LogP contribution is 2.19. The van der Waals surface area contributed by atoms with Crippen LogP contribution in [-0.2, 0) is 0 Å². The van der Waals surface area contributed by atoms with Crippen molar-refractivity contribution in [1.82, 2.24) is 5.32 Å². The van der Waals surface area contributed by atoms with Gasteiger partial charge in [0.1, 0.15) is 5.82 Å². The molecule has 2 N–H and O–H groups in total. The average Bonchev–Trinajstić information content (AvgIpc) is 2.64. The van der Waals surface area contributed by atoms with Crippen LogP contribution in [0.1, 0.15) is 10.4 Å². The SMILES string of the molecule is O=C(NC(=S)Nc1ccc(F)cc1)c1ccc(-c2ccccc2)cc1. The Morgan fingerprint density at radius 3 is 2.04 bits per heavy atom. The molecule has 0 spiro atoms. The number of carbonyl (C=O) groups excluding carboxylic acids is 1. The molecule has 0 bridgehead atoms. The minimum absolute atomic E-state index is 0.156. The summed E-state index contributed by atoms with van der Waals surface area (Å²) < 4.78 is 12.9.